The molecule has 0 aliphatic rings. The summed E-state index contributed by atoms with van der Waals surface area (Å²) in [7, 11) is 0. The summed E-state index contributed by atoms with van der Waals surface area (Å²) < 4.78 is 0. The number of thiophene rings is 2. The van der Waals surface area contributed by atoms with E-state index in [1.807, 2.05) is 22.7 Å². The first kappa shape index (κ1) is 19.2. The van der Waals surface area contributed by atoms with E-state index in [0.717, 1.165) is 0 Å². The minimum absolute atomic E-state index is 0.576. The number of hydrogen-bond acceptors (Lipinski definition) is 2. The maximum absolute atomic E-state index is 2.26. The van der Waals surface area contributed by atoms with Gasteiger partial charge in [0.15, 0.2) is 0 Å². The Labute approximate surface area is 176 Å². The average Bonchev–Trinajstić information content (AvgIpc) is 3.38. The van der Waals surface area contributed by atoms with Gasteiger partial charge in [-0.1, -0.05) is 76.2 Å². The highest BCUT2D eigenvalue weighted by Gasteiger charge is 2.10. The summed E-state index contributed by atoms with van der Waals surface area (Å²) in [5.74, 6) is 1.15. The fourth-order valence-electron chi connectivity index (χ4n) is 3.32. The highest BCUT2D eigenvalue weighted by Crippen LogP contribution is 2.40. The van der Waals surface area contributed by atoms with Gasteiger partial charge < -0.3 is 0 Å². The van der Waals surface area contributed by atoms with Gasteiger partial charge in [0.2, 0.25) is 0 Å². The first-order valence-electron chi connectivity index (χ1n) is 9.92. The van der Waals surface area contributed by atoms with Crippen molar-refractivity contribution < 1.29 is 0 Å². The summed E-state index contributed by atoms with van der Waals surface area (Å²) in [6.45, 7) is 8.96. The van der Waals surface area contributed by atoms with Crippen molar-refractivity contribution in [2.75, 3.05) is 0 Å². The van der Waals surface area contributed by atoms with Crippen LogP contribution in [0.5, 0.6) is 0 Å². The lowest BCUT2D eigenvalue weighted by Crippen LogP contribution is -1.85. The van der Waals surface area contributed by atoms with Crippen LogP contribution in [0.1, 0.15) is 50.7 Å². The first-order chi connectivity index (χ1) is 13.5. The van der Waals surface area contributed by atoms with Crippen molar-refractivity contribution in [3.05, 3.63) is 83.9 Å². The van der Waals surface area contributed by atoms with E-state index in [4.69, 9.17) is 0 Å². The second kappa shape index (κ2) is 8.06. The molecule has 0 saturated carbocycles. The maximum atomic E-state index is 2.26. The smallest absolute Gasteiger partial charge is 0.0449 e. The molecule has 28 heavy (non-hydrogen) atoms. The summed E-state index contributed by atoms with van der Waals surface area (Å²) in [6.07, 6.45) is 0. The summed E-state index contributed by atoms with van der Waals surface area (Å²) in [5, 5.41) is 0. The van der Waals surface area contributed by atoms with Crippen molar-refractivity contribution in [2.24, 2.45) is 0 Å². The van der Waals surface area contributed by atoms with Crippen molar-refractivity contribution in [3.63, 3.8) is 0 Å². The van der Waals surface area contributed by atoms with E-state index < -0.39 is 0 Å². The third-order valence-electron chi connectivity index (χ3n) is 5.18. The van der Waals surface area contributed by atoms with E-state index in [2.05, 4.69) is 100 Å². The predicted octanol–water partition coefficient (Wildman–Crippen LogP) is 9.06. The molecule has 4 aromatic rings. The quantitative estimate of drug-likeness (QED) is 0.312. The zero-order valence-electron chi connectivity index (χ0n) is 16.9. The molecular weight excluding hydrogens is 376 g/mol. The van der Waals surface area contributed by atoms with Crippen LogP contribution in [0, 0.1) is 0 Å². The molecule has 4 rings (SSSR count). The molecule has 0 unspecified atom stereocenters. The minimum Gasteiger partial charge on any atom is -0.134 e. The van der Waals surface area contributed by atoms with Crippen molar-refractivity contribution in [2.45, 2.75) is 39.5 Å². The topological polar surface area (TPSA) is 0 Å². The third kappa shape index (κ3) is 3.99. The van der Waals surface area contributed by atoms with E-state index in [-0.39, 0.29) is 0 Å². The van der Waals surface area contributed by atoms with Crippen molar-refractivity contribution >= 4 is 22.7 Å². The molecular formula is C26H26S2. The molecule has 0 atom stereocenters. The van der Waals surface area contributed by atoms with Gasteiger partial charge in [-0.3, -0.25) is 0 Å². The fourth-order valence-corrected chi connectivity index (χ4v) is 5.43. The standard InChI is InChI=1S/C26H26S2/c1-17(2)19-5-9-21(10-6-19)23-13-15-25(27-23)26-16-14-24(28-26)22-11-7-20(8-12-22)18(3)4/h5-18H,1-4H3. The molecule has 142 valence electrons. The Morgan fingerprint density at radius 3 is 1.07 bits per heavy atom. The maximum Gasteiger partial charge on any atom is 0.0449 e. The molecule has 0 N–H and O–H groups in total. The van der Waals surface area contributed by atoms with Crippen LogP contribution in [0.2, 0.25) is 0 Å². The molecule has 0 amide bonds. The lowest BCUT2D eigenvalue weighted by atomic mass is 10.0. The number of hydrogen-bond donors (Lipinski definition) is 0. The fraction of sp³-hybridized carbons (Fsp3) is 0.231. The molecule has 2 aromatic heterocycles. The molecule has 2 aromatic carbocycles. The van der Waals surface area contributed by atoms with Crippen LogP contribution in [-0.2, 0) is 0 Å². The van der Waals surface area contributed by atoms with Crippen LogP contribution in [0.25, 0.3) is 30.6 Å². The number of rotatable bonds is 5. The summed E-state index contributed by atoms with van der Waals surface area (Å²) in [6, 6.07) is 27.0. The monoisotopic (exact) mass is 402 g/mol. The summed E-state index contributed by atoms with van der Waals surface area (Å²) in [5.41, 5.74) is 5.40. The Kier molecular flexibility index (Phi) is 5.52. The normalized spacial score (nSPS) is 11.5. The average molecular weight is 403 g/mol. The van der Waals surface area contributed by atoms with Gasteiger partial charge in [0.05, 0.1) is 0 Å². The van der Waals surface area contributed by atoms with Gasteiger partial charge >= 0.3 is 0 Å². The van der Waals surface area contributed by atoms with Gasteiger partial charge in [0.25, 0.3) is 0 Å². The van der Waals surface area contributed by atoms with Crippen LogP contribution >= 0.6 is 22.7 Å². The Bertz CT molecular complexity index is 957. The molecule has 0 fully saturated rings. The van der Waals surface area contributed by atoms with Crippen LogP contribution in [0.15, 0.2) is 72.8 Å². The van der Waals surface area contributed by atoms with E-state index in [1.165, 1.54) is 41.8 Å². The van der Waals surface area contributed by atoms with E-state index in [9.17, 15) is 0 Å². The first-order valence-corrected chi connectivity index (χ1v) is 11.6. The number of benzene rings is 2. The SMILES string of the molecule is CC(C)c1ccc(-c2ccc(-c3ccc(-c4ccc(C(C)C)cc4)s3)s2)cc1. The predicted molar refractivity (Wildman–Crippen MR) is 127 cm³/mol. The van der Waals surface area contributed by atoms with Crippen molar-refractivity contribution in [3.8, 4) is 30.6 Å². The van der Waals surface area contributed by atoms with Crippen molar-refractivity contribution in [1.29, 1.82) is 0 Å². The molecule has 0 nitrogen and oxygen atoms in total. The van der Waals surface area contributed by atoms with Gasteiger partial charge in [-0.15, -0.1) is 22.7 Å². The van der Waals surface area contributed by atoms with Crippen molar-refractivity contribution in [1.82, 2.24) is 0 Å². The summed E-state index contributed by atoms with van der Waals surface area (Å²) in [4.78, 5) is 5.36. The zero-order valence-corrected chi connectivity index (χ0v) is 18.5. The van der Waals surface area contributed by atoms with E-state index in [1.54, 1.807) is 0 Å². The van der Waals surface area contributed by atoms with Crippen LogP contribution in [-0.4, -0.2) is 0 Å². The molecule has 0 radical (unpaired) electrons. The Morgan fingerprint density at radius 1 is 0.429 bits per heavy atom. The second-order valence-corrected chi connectivity index (χ2v) is 10.0. The highest BCUT2D eigenvalue weighted by atomic mass is 32.1. The molecule has 2 heteroatoms. The Balaban J connectivity index is 1.56. The largest absolute Gasteiger partial charge is 0.134 e. The minimum atomic E-state index is 0.576. The van der Waals surface area contributed by atoms with Crippen LogP contribution < -0.4 is 0 Å². The lowest BCUT2D eigenvalue weighted by molar-refractivity contribution is 0.867. The summed E-state index contributed by atoms with van der Waals surface area (Å²) >= 11 is 3.76. The van der Waals surface area contributed by atoms with Gasteiger partial charge in [0, 0.05) is 19.5 Å². The highest BCUT2D eigenvalue weighted by molar-refractivity contribution is 7.25. The molecule has 0 saturated heterocycles. The zero-order chi connectivity index (χ0) is 19.7. The molecule has 2 heterocycles. The van der Waals surface area contributed by atoms with Crippen LogP contribution in [0.3, 0.4) is 0 Å². The Hall–Kier alpha value is -2.16. The lowest BCUT2D eigenvalue weighted by Gasteiger charge is -2.05. The molecule has 0 aliphatic heterocycles. The van der Waals surface area contributed by atoms with E-state index >= 15 is 0 Å². The van der Waals surface area contributed by atoms with Crippen LogP contribution in [0.4, 0.5) is 0 Å². The third-order valence-corrected chi connectivity index (χ3v) is 7.64. The van der Waals surface area contributed by atoms with E-state index in [0.29, 0.717) is 11.8 Å². The van der Waals surface area contributed by atoms with Gasteiger partial charge in [-0.2, -0.15) is 0 Å². The Morgan fingerprint density at radius 2 is 0.750 bits per heavy atom. The van der Waals surface area contributed by atoms with Gasteiger partial charge in [-0.05, 0) is 58.4 Å². The molecule has 0 spiro atoms. The molecule has 0 aliphatic carbocycles. The van der Waals surface area contributed by atoms with Gasteiger partial charge in [0.1, 0.15) is 0 Å². The van der Waals surface area contributed by atoms with Gasteiger partial charge in [-0.25, -0.2) is 0 Å². The second-order valence-electron chi connectivity index (χ2n) is 7.88. The molecule has 0 bridgehead atoms.